The van der Waals surface area contributed by atoms with Crippen molar-refractivity contribution in [2.75, 3.05) is 19.7 Å². The molecule has 0 radical (unpaired) electrons. The molecular weight excluding hydrogens is 246 g/mol. The Morgan fingerprint density at radius 1 is 1.05 bits per heavy atom. The summed E-state index contributed by atoms with van der Waals surface area (Å²) < 4.78 is 4.68. The molecule has 0 saturated carbocycles. The number of hydrogen-bond donors (Lipinski definition) is 3. The normalized spacial score (nSPS) is 9.53. The molecule has 6 heteroatoms. The first-order chi connectivity index (χ1) is 9.22. The topological polar surface area (TPSA) is 79.5 Å². The molecular formula is C13H19N3O3. The van der Waals surface area contributed by atoms with Crippen molar-refractivity contribution >= 4 is 12.1 Å². The first-order valence-electron chi connectivity index (χ1n) is 6.18. The molecule has 3 amide bonds. The van der Waals surface area contributed by atoms with Crippen LogP contribution in [0.3, 0.4) is 0 Å². The third-order valence-corrected chi connectivity index (χ3v) is 2.25. The predicted octanol–water partition coefficient (Wildman–Crippen LogP) is 1.23. The van der Waals surface area contributed by atoms with Crippen molar-refractivity contribution in [3.05, 3.63) is 35.9 Å². The lowest BCUT2D eigenvalue weighted by atomic mass is 10.2. The summed E-state index contributed by atoms with van der Waals surface area (Å²) in [6.07, 6.45) is -0.478. The molecule has 0 unspecified atom stereocenters. The van der Waals surface area contributed by atoms with Crippen molar-refractivity contribution in [3.63, 3.8) is 0 Å². The Kier molecular flexibility index (Phi) is 6.86. The number of benzene rings is 1. The maximum Gasteiger partial charge on any atom is 0.407 e. The minimum absolute atomic E-state index is 0.269. The van der Waals surface area contributed by atoms with Crippen LogP contribution in [-0.2, 0) is 11.3 Å². The van der Waals surface area contributed by atoms with Gasteiger partial charge >= 0.3 is 12.1 Å². The highest BCUT2D eigenvalue weighted by Gasteiger charge is 2.01. The van der Waals surface area contributed by atoms with E-state index in [9.17, 15) is 9.59 Å². The fourth-order valence-electron chi connectivity index (χ4n) is 1.36. The van der Waals surface area contributed by atoms with Crippen molar-refractivity contribution in [3.8, 4) is 0 Å². The van der Waals surface area contributed by atoms with Crippen LogP contribution in [0.1, 0.15) is 12.5 Å². The number of carbonyl (C=O) groups is 2. The van der Waals surface area contributed by atoms with Crippen LogP contribution in [-0.4, -0.2) is 31.8 Å². The van der Waals surface area contributed by atoms with Gasteiger partial charge in [0.05, 0.1) is 6.61 Å². The Balaban J connectivity index is 2.07. The maximum atomic E-state index is 11.4. The SMILES string of the molecule is CCOC(=O)NCCNC(=O)NCc1ccccc1. The zero-order valence-electron chi connectivity index (χ0n) is 10.9. The summed E-state index contributed by atoms with van der Waals surface area (Å²) in [6, 6.07) is 9.35. The summed E-state index contributed by atoms with van der Waals surface area (Å²) in [5, 5.41) is 7.86. The summed E-state index contributed by atoms with van der Waals surface area (Å²) in [4.78, 5) is 22.4. The smallest absolute Gasteiger partial charge is 0.407 e. The second kappa shape index (κ2) is 8.79. The van der Waals surface area contributed by atoms with Crippen LogP contribution in [0.4, 0.5) is 9.59 Å². The number of amides is 3. The number of carbonyl (C=O) groups excluding carboxylic acids is 2. The standard InChI is InChI=1S/C13H19N3O3/c1-2-19-13(18)15-9-8-14-12(17)16-10-11-6-4-3-5-7-11/h3-7H,2,8-10H2,1H3,(H,15,18)(H2,14,16,17). The average molecular weight is 265 g/mol. The van der Waals surface area contributed by atoms with Gasteiger partial charge < -0.3 is 20.7 Å². The number of rotatable bonds is 6. The van der Waals surface area contributed by atoms with E-state index in [1.165, 1.54) is 0 Å². The highest BCUT2D eigenvalue weighted by Crippen LogP contribution is 1.96. The van der Waals surface area contributed by atoms with Gasteiger partial charge in [0.15, 0.2) is 0 Å². The quantitative estimate of drug-likeness (QED) is 0.677. The van der Waals surface area contributed by atoms with Crippen molar-refractivity contribution < 1.29 is 14.3 Å². The van der Waals surface area contributed by atoms with Crippen LogP contribution < -0.4 is 16.0 Å². The molecule has 0 bridgehead atoms. The minimum Gasteiger partial charge on any atom is -0.450 e. The van der Waals surface area contributed by atoms with Crippen molar-refractivity contribution in [1.82, 2.24) is 16.0 Å². The molecule has 6 nitrogen and oxygen atoms in total. The summed E-state index contributed by atoms with van der Waals surface area (Å²) in [6.45, 7) is 3.21. The number of urea groups is 1. The lowest BCUT2D eigenvalue weighted by Gasteiger charge is -2.08. The van der Waals surface area contributed by atoms with Crippen LogP contribution in [0.15, 0.2) is 30.3 Å². The monoisotopic (exact) mass is 265 g/mol. The Morgan fingerprint density at radius 2 is 1.74 bits per heavy atom. The van der Waals surface area contributed by atoms with Gasteiger partial charge in [-0.3, -0.25) is 0 Å². The second-order valence-electron chi connectivity index (χ2n) is 3.74. The largest absolute Gasteiger partial charge is 0.450 e. The molecule has 0 heterocycles. The summed E-state index contributed by atoms with van der Waals surface area (Å²) in [7, 11) is 0. The van der Waals surface area contributed by atoms with Crippen molar-refractivity contribution in [2.24, 2.45) is 0 Å². The fraction of sp³-hybridized carbons (Fsp3) is 0.385. The molecule has 1 aromatic rings. The predicted molar refractivity (Wildman–Crippen MR) is 71.7 cm³/mol. The van der Waals surface area contributed by atoms with Gasteiger partial charge in [-0.2, -0.15) is 0 Å². The molecule has 104 valence electrons. The van der Waals surface area contributed by atoms with Gasteiger partial charge in [0.1, 0.15) is 0 Å². The van der Waals surface area contributed by atoms with E-state index < -0.39 is 6.09 Å². The second-order valence-corrected chi connectivity index (χ2v) is 3.74. The van der Waals surface area contributed by atoms with Crippen molar-refractivity contribution in [2.45, 2.75) is 13.5 Å². The Hall–Kier alpha value is -2.24. The van der Waals surface area contributed by atoms with E-state index in [0.29, 0.717) is 26.2 Å². The van der Waals surface area contributed by atoms with E-state index in [1.54, 1.807) is 6.92 Å². The summed E-state index contributed by atoms with van der Waals surface area (Å²) >= 11 is 0. The van der Waals surface area contributed by atoms with Crippen LogP contribution in [0.5, 0.6) is 0 Å². The molecule has 0 fully saturated rings. The molecule has 0 spiro atoms. The third-order valence-electron chi connectivity index (χ3n) is 2.25. The highest BCUT2D eigenvalue weighted by molar-refractivity contribution is 5.74. The Morgan fingerprint density at radius 3 is 2.42 bits per heavy atom. The molecule has 19 heavy (non-hydrogen) atoms. The molecule has 1 aromatic carbocycles. The first kappa shape index (κ1) is 14.8. The fourth-order valence-corrected chi connectivity index (χ4v) is 1.36. The first-order valence-corrected chi connectivity index (χ1v) is 6.18. The highest BCUT2D eigenvalue weighted by atomic mass is 16.5. The molecule has 3 N–H and O–H groups in total. The van der Waals surface area contributed by atoms with Gasteiger partial charge in [-0.1, -0.05) is 30.3 Å². The molecule has 1 rings (SSSR count). The van der Waals surface area contributed by atoms with E-state index in [0.717, 1.165) is 5.56 Å². The number of nitrogens with one attached hydrogen (secondary N) is 3. The van der Waals surface area contributed by atoms with Gasteiger partial charge in [-0.15, -0.1) is 0 Å². The zero-order chi connectivity index (χ0) is 13.9. The van der Waals surface area contributed by atoms with Gasteiger partial charge in [0.2, 0.25) is 0 Å². The molecule has 0 aliphatic heterocycles. The van der Waals surface area contributed by atoms with E-state index in [2.05, 4.69) is 20.7 Å². The van der Waals surface area contributed by atoms with Crippen LogP contribution >= 0.6 is 0 Å². The summed E-state index contributed by atoms with van der Waals surface area (Å²) in [5.41, 5.74) is 1.03. The lowest BCUT2D eigenvalue weighted by molar-refractivity contribution is 0.152. The van der Waals surface area contributed by atoms with Crippen LogP contribution in [0.25, 0.3) is 0 Å². The van der Waals surface area contributed by atoms with Crippen LogP contribution in [0, 0.1) is 0 Å². The molecule has 0 saturated heterocycles. The summed E-state index contributed by atoms with van der Waals surface area (Å²) in [5.74, 6) is 0. The van der Waals surface area contributed by atoms with Crippen molar-refractivity contribution in [1.29, 1.82) is 0 Å². The van der Waals surface area contributed by atoms with Gasteiger partial charge in [0.25, 0.3) is 0 Å². The van der Waals surface area contributed by atoms with E-state index in [4.69, 9.17) is 0 Å². The van der Waals surface area contributed by atoms with Crippen LogP contribution in [0.2, 0.25) is 0 Å². The number of alkyl carbamates (subject to hydrolysis) is 1. The van der Waals surface area contributed by atoms with E-state index in [1.807, 2.05) is 30.3 Å². The molecule has 0 aliphatic rings. The number of hydrogen-bond acceptors (Lipinski definition) is 3. The maximum absolute atomic E-state index is 11.4. The van der Waals surface area contributed by atoms with Gasteiger partial charge in [-0.05, 0) is 12.5 Å². The zero-order valence-corrected chi connectivity index (χ0v) is 10.9. The van der Waals surface area contributed by atoms with E-state index >= 15 is 0 Å². The van der Waals surface area contributed by atoms with Gasteiger partial charge in [-0.25, -0.2) is 9.59 Å². The molecule has 0 atom stereocenters. The minimum atomic E-state index is -0.478. The average Bonchev–Trinajstić information content (AvgIpc) is 2.43. The van der Waals surface area contributed by atoms with Gasteiger partial charge in [0, 0.05) is 19.6 Å². The molecule has 0 aromatic heterocycles. The lowest BCUT2D eigenvalue weighted by Crippen LogP contribution is -2.40. The third kappa shape index (κ3) is 6.92. The molecule has 0 aliphatic carbocycles. The Labute approximate surface area is 112 Å². The Bertz CT molecular complexity index is 395. The van der Waals surface area contributed by atoms with E-state index in [-0.39, 0.29) is 6.03 Å². The number of ether oxygens (including phenoxy) is 1.